The van der Waals surface area contributed by atoms with Crippen LogP contribution < -0.4 is 5.73 Å². The Morgan fingerprint density at radius 2 is 2.02 bits per heavy atom. The van der Waals surface area contributed by atoms with Crippen molar-refractivity contribution in [3.05, 3.63) is 100.0 Å². The average molecular weight is 570 g/mol. The third-order valence-corrected chi connectivity index (χ3v) is 8.21. The molecular formula is C30H28FN7O2S. The number of halogens is 1. The van der Waals surface area contributed by atoms with E-state index < -0.39 is 5.54 Å². The molecule has 4 heterocycles. The Bertz CT molecular complexity index is 1700. The number of aryl methyl sites for hydroxylation is 1. The molecule has 41 heavy (non-hydrogen) atoms. The standard InChI is InChI=1S/C30H28FN7O2S/c1-18-17-41-27(35-18)25-8-5-11-38(25)28(39)22-13-20(24-16-33-9-10-34-24)12-21(14-22)26-36-37-29(40-26)30(2,32)15-19-6-3-4-7-23(19)31/h3-4,6-7,9-10,12-14,16-17,25H,5,8,11,15,32H2,1-2H3/t25-,30+/m1/s1. The van der Waals surface area contributed by atoms with E-state index in [1.54, 1.807) is 67.2 Å². The molecule has 5 aromatic rings. The first-order valence-electron chi connectivity index (χ1n) is 13.3. The maximum absolute atomic E-state index is 14.3. The lowest BCUT2D eigenvalue weighted by atomic mass is 9.93. The first-order chi connectivity index (χ1) is 19.8. The van der Waals surface area contributed by atoms with Crippen molar-refractivity contribution in [3.8, 4) is 22.7 Å². The number of likely N-dealkylation sites (tertiary alicyclic amines) is 1. The molecule has 1 aliphatic rings. The predicted molar refractivity (Wildman–Crippen MR) is 152 cm³/mol. The highest BCUT2D eigenvalue weighted by Gasteiger charge is 2.34. The van der Waals surface area contributed by atoms with Gasteiger partial charge in [-0.3, -0.25) is 14.8 Å². The SMILES string of the molecule is Cc1csc([C@H]2CCCN2C(=O)c2cc(-c3cnccn3)cc(-c3nnc([C@@](C)(N)Cc4ccccc4F)o3)c2)n1. The summed E-state index contributed by atoms with van der Waals surface area (Å²) in [7, 11) is 0. The maximum atomic E-state index is 14.3. The van der Waals surface area contributed by atoms with E-state index in [9.17, 15) is 9.18 Å². The number of rotatable bonds is 7. The molecule has 208 valence electrons. The number of benzene rings is 2. The van der Waals surface area contributed by atoms with Crippen LogP contribution in [0.4, 0.5) is 4.39 Å². The minimum absolute atomic E-state index is 0.0730. The summed E-state index contributed by atoms with van der Waals surface area (Å²) in [4.78, 5) is 29.1. The number of aromatic nitrogens is 5. The van der Waals surface area contributed by atoms with Crippen LogP contribution in [0.1, 0.15) is 58.3 Å². The van der Waals surface area contributed by atoms with E-state index in [4.69, 9.17) is 10.2 Å². The number of hydrogen-bond acceptors (Lipinski definition) is 9. The summed E-state index contributed by atoms with van der Waals surface area (Å²) in [5, 5.41) is 11.4. The zero-order valence-electron chi connectivity index (χ0n) is 22.6. The molecule has 1 saturated heterocycles. The molecule has 0 saturated carbocycles. The van der Waals surface area contributed by atoms with Crippen LogP contribution >= 0.6 is 11.3 Å². The minimum atomic E-state index is -1.12. The van der Waals surface area contributed by atoms with E-state index in [1.807, 2.05) is 23.3 Å². The summed E-state index contributed by atoms with van der Waals surface area (Å²) >= 11 is 1.58. The van der Waals surface area contributed by atoms with Gasteiger partial charge in [0.05, 0.1) is 23.5 Å². The highest BCUT2D eigenvalue weighted by molar-refractivity contribution is 7.09. The van der Waals surface area contributed by atoms with Crippen LogP contribution in [-0.4, -0.2) is 42.5 Å². The Hall–Kier alpha value is -4.35. The monoisotopic (exact) mass is 569 g/mol. The van der Waals surface area contributed by atoms with Gasteiger partial charge in [-0.1, -0.05) is 18.2 Å². The molecule has 0 spiro atoms. The van der Waals surface area contributed by atoms with E-state index in [-0.39, 0.29) is 36.0 Å². The average Bonchev–Trinajstić information content (AvgIpc) is 3.75. The van der Waals surface area contributed by atoms with Crippen molar-refractivity contribution in [3.63, 3.8) is 0 Å². The van der Waals surface area contributed by atoms with Crippen molar-refractivity contribution >= 4 is 17.2 Å². The van der Waals surface area contributed by atoms with Crippen molar-refractivity contribution in [2.75, 3.05) is 6.54 Å². The lowest BCUT2D eigenvalue weighted by Gasteiger charge is -2.23. The summed E-state index contributed by atoms with van der Waals surface area (Å²) in [5.41, 5.74) is 9.10. The summed E-state index contributed by atoms with van der Waals surface area (Å²) in [5.74, 6) is -0.113. The van der Waals surface area contributed by atoms with Gasteiger partial charge in [-0.2, -0.15) is 0 Å². The van der Waals surface area contributed by atoms with Crippen molar-refractivity contribution in [2.24, 2.45) is 5.73 Å². The molecule has 1 amide bonds. The van der Waals surface area contributed by atoms with Crippen molar-refractivity contribution in [1.82, 2.24) is 30.0 Å². The Labute approximate surface area is 240 Å². The third kappa shape index (κ3) is 5.50. The van der Waals surface area contributed by atoms with E-state index in [1.165, 1.54) is 6.07 Å². The quantitative estimate of drug-likeness (QED) is 0.273. The second-order valence-electron chi connectivity index (χ2n) is 10.5. The molecule has 3 aromatic heterocycles. The second-order valence-corrected chi connectivity index (χ2v) is 11.4. The summed E-state index contributed by atoms with van der Waals surface area (Å²) in [6.07, 6.45) is 6.74. The van der Waals surface area contributed by atoms with Crippen LogP contribution in [0.3, 0.4) is 0 Å². The Morgan fingerprint density at radius 1 is 1.20 bits per heavy atom. The molecule has 2 N–H and O–H groups in total. The third-order valence-electron chi connectivity index (χ3n) is 7.15. The molecule has 2 atom stereocenters. The normalized spacial score (nSPS) is 16.6. The lowest BCUT2D eigenvalue weighted by Crippen LogP contribution is -2.36. The molecule has 0 unspecified atom stereocenters. The Morgan fingerprint density at radius 3 is 2.78 bits per heavy atom. The Kier molecular flexibility index (Phi) is 7.14. The molecule has 2 aromatic carbocycles. The summed E-state index contributed by atoms with van der Waals surface area (Å²) in [6, 6.07) is 11.8. The Balaban J connectivity index is 1.36. The fourth-order valence-electron chi connectivity index (χ4n) is 5.11. The van der Waals surface area contributed by atoms with E-state index >= 15 is 0 Å². The molecule has 9 nitrogen and oxygen atoms in total. The van der Waals surface area contributed by atoms with Gasteiger partial charge < -0.3 is 15.1 Å². The molecule has 1 fully saturated rings. The smallest absolute Gasteiger partial charge is 0.254 e. The fraction of sp³-hybridized carbons (Fsp3) is 0.267. The number of hydrogen-bond donors (Lipinski definition) is 1. The lowest BCUT2D eigenvalue weighted by molar-refractivity contribution is 0.0735. The number of nitrogens with two attached hydrogens (primary N) is 1. The van der Waals surface area contributed by atoms with Gasteiger partial charge in [0.1, 0.15) is 10.8 Å². The highest BCUT2D eigenvalue weighted by atomic mass is 32.1. The molecule has 0 radical (unpaired) electrons. The van der Waals surface area contributed by atoms with Gasteiger partial charge in [0.25, 0.3) is 5.91 Å². The zero-order valence-corrected chi connectivity index (χ0v) is 23.4. The van der Waals surface area contributed by atoms with E-state index in [0.717, 1.165) is 23.5 Å². The van der Waals surface area contributed by atoms with Crippen LogP contribution in [-0.2, 0) is 12.0 Å². The number of thiazole rings is 1. The van der Waals surface area contributed by atoms with Crippen LogP contribution in [0.25, 0.3) is 22.7 Å². The number of amides is 1. The highest BCUT2D eigenvalue weighted by Crippen LogP contribution is 2.36. The van der Waals surface area contributed by atoms with E-state index in [0.29, 0.717) is 34.5 Å². The first-order valence-corrected chi connectivity index (χ1v) is 14.2. The van der Waals surface area contributed by atoms with Crippen LogP contribution in [0.2, 0.25) is 0 Å². The second kappa shape index (κ2) is 10.9. The topological polar surface area (TPSA) is 124 Å². The molecule has 0 bridgehead atoms. The largest absolute Gasteiger partial charge is 0.419 e. The van der Waals surface area contributed by atoms with Gasteiger partial charge in [0.2, 0.25) is 11.8 Å². The maximum Gasteiger partial charge on any atom is 0.254 e. The van der Waals surface area contributed by atoms with Crippen LogP contribution in [0.15, 0.2) is 70.9 Å². The van der Waals surface area contributed by atoms with Gasteiger partial charge in [-0.15, -0.1) is 21.5 Å². The zero-order chi connectivity index (χ0) is 28.6. The summed E-state index contributed by atoms with van der Waals surface area (Å²) in [6.45, 7) is 4.31. The molecule has 1 aliphatic heterocycles. The van der Waals surface area contributed by atoms with Gasteiger partial charge >= 0.3 is 0 Å². The van der Waals surface area contributed by atoms with Gasteiger partial charge in [-0.25, -0.2) is 9.37 Å². The molecule has 6 rings (SSSR count). The van der Waals surface area contributed by atoms with Crippen LogP contribution in [0, 0.1) is 12.7 Å². The van der Waals surface area contributed by atoms with Crippen molar-refractivity contribution in [1.29, 1.82) is 0 Å². The molecular weight excluding hydrogens is 541 g/mol. The minimum Gasteiger partial charge on any atom is -0.419 e. The predicted octanol–water partition coefficient (Wildman–Crippen LogP) is 5.49. The number of nitrogens with zero attached hydrogens (tertiary/aromatic N) is 6. The van der Waals surface area contributed by atoms with Gasteiger partial charge in [0, 0.05) is 53.1 Å². The fourth-order valence-corrected chi connectivity index (χ4v) is 6.05. The van der Waals surface area contributed by atoms with Gasteiger partial charge in [-0.05, 0) is 56.5 Å². The van der Waals surface area contributed by atoms with Crippen molar-refractivity contribution in [2.45, 2.75) is 44.7 Å². The summed E-state index contributed by atoms with van der Waals surface area (Å²) < 4.78 is 20.4. The first kappa shape index (κ1) is 26.9. The number of carbonyl (C=O) groups excluding carboxylic acids is 1. The van der Waals surface area contributed by atoms with E-state index in [2.05, 4.69) is 25.1 Å². The van der Waals surface area contributed by atoms with Crippen LogP contribution in [0.5, 0.6) is 0 Å². The van der Waals surface area contributed by atoms with Gasteiger partial charge in [0.15, 0.2) is 0 Å². The van der Waals surface area contributed by atoms with Crippen molar-refractivity contribution < 1.29 is 13.6 Å². The molecule has 0 aliphatic carbocycles. The number of carbonyl (C=O) groups is 1. The molecule has 11 heteroatoms.